The lowest BCUT2D eigenvalue weighted by atomic mass is 10.2. The third kappa shape index (κ3) is 3.55. The van der Waals surface area contributed by atoms with Gasteiger partial charge in [-0.1, -0.05) is 12.2 Å². The number of hydrogen-bond donors (Lipinski definition) is 1. The molecule has 0 aliphatic carbocycles. The lowest BCUT2D eigenvalue weighted by molar-refractivity contribution is 0.230. The molecule has 66 valence electrons. The molecule has 0 radical (unpaired) electrons. The molecule has 0 bridgehead atoms. The van der Waals surface area contributed by atoms with Crippen LogP contribution in [0.5, 0.6) is 0 Å². The smallest absolute Gasteiger partial charge is 0.0833 e. The minimum absolute atomic E-state index is 0.349. The van der Waals surface area contributed by atoms with Gasteiger partial charge in [0.2, 0.25) is 0 Å². The van der Waals surface area contributed by atoms with Crippen molar-refractivity contribution in [2.45, 2.75) is 12.5 Å². The fraction of sp³-hybridized carbons (Fsp3) is 0.182. The SMILES string of the molecule is C#CCC(O)C=Cc1ccncc1. The van der Waals surface area contributed by atoms with Gasteiger partial charge in [0.05, 0.1) is 6.10 Å². The molecule has 13 heavy (non-hydrogen) atoms. The van der Waals surface area contributed by atoms with E-state index in [-0.39, 0.29) is 0 Å². The topological polar surface area (TPSA) is 33.1 Å². The monoisotopic (exact) mass is 173 g/mol. The first-order valence-corrected chi connectivity index (χ1v) is 4.02. The van der Waals surface area contributed by atoms with Crippen LogP contribution in [-0.2, 0) is 0 Å². The number of nitrogens with zero attached hydrogens (tertiary/aromatic N) is 1. The molecule has 1 N–H and O–H groups in total. The van der Waals surface area contributed by atoms with Gasteiger partial charge in [-0.25, -0.2) is 0 Å². The van der Waals surface area contributed by atoms with E-state index in [1.165, 1.54) is 0 Å². The van der Waals surface area contributed by atoms with Crippen LogP contribution >= 0.6 is 0 Å². The third-order valence-electron chi connectivity index (χ3n) is 1.54. The van der Waals surface area contributed by atoms with Crippen molar-refractivity contribution in [1.29, 1.82) is 0 Å². The normalized spacial score (nSPS) is 12.6. The van der Waals surface area contributed by atoms with Gasteiger partial charge in [0, 0.05) is 18.8 Å². The number of terminal acetylenes is 1. The van der Waals surface area contributed by atoms with Crippen molar-refractivity contribution >= 4 is 6.08 Å². The molecule has 2 nitrogen and oxygen atoms in total. The quantitative estimate of drug-likeness (QED) is 0.702. The van der Waals surface area contributed by atoms with Crippen LogP contribution in [0.25, 0.3) is 6.08 Å². The van der Waals surface area contributed by atoms with Crippen LogP contribution in [0, 0.1) is 12.3 Å². The second-order valence-corrected chi connectivity index (χ2v) is 2.62. The Bertz CT molecular complexity index is 311. The number of aliphatic hydroxyl groups is 1. The van der Waals surface area contributed by atoms with Crippen LogP contribution in [0.4, 0.5) is 0 Å². The number of rotatable bonds is 3. The molecule has 1 rings (SSSR count). The van der Waals surface area contributed by atoms with E-state index in [4.69, 9.17) is 6.42 Å². The molecule has 0 saturated carbocycles. The van der Waals surface area contributed by atoms with Gasteiger partial charge in [-0.3, -0.25) is 4.98 Å². The Morgan fingerprint density at radius 2 is 2.23 bits per heavy atom. The number of pyridine rings is 1. The zero-order valence-corrected chi connectivity index (χ0v) is 7.22. The van der Waals surface area contributed by atoms with Gasteiger partial charge < -0.3 is 5.11 Å². The number of aliphatic hydroxyl groups excluding tert-OH is 1. The fourth-order valence-electron chi connectivity index (χ4n) is 0.886. The van der Waals surface area contributed by atoms with Crippen molar-refractivity contribution in [1.82, 2.24) is 4.98 Å². The van der Waals surface area contributed by atoms with Crippen molar-refractivity contribution in [3.05, 3.63) is 36.2 Å². The average Bonchev–Trinajstić information content (AvgIpc) is 2.17. The van der Waals surface area contributed by atoms with Gasteiger partial charge in [0.1, 0.15) is 0 Å². The summed E-state index contributed by atoms with van der Waals surface area (Å²) < 4.78 is 0. The maximum atomic E-state index is 9.27. The van der Waals surface area contributed by atoms with Crippen LogP contribution in [0.15, 0.2) is 30.6 Å². The highest BCUT2D eigenvalue weighted by Gasteiger charge is 1.93. The summed E-state index contributed by atoms with van der Waals surface area (Å²) in [6.07, 6.45) is 11.7. The first kappa shape index (κ1) is 9.50. The number of aromatic nitrogens is 1. The largest absolute Gasteiger partial charge is 0.388 e. The zero-order valence-electron chi connectivity index (χ0n) is 7.22. The van der Waals surface area contributed by atoms with Crippen molar-refractivity contribution < 1.29 is 5.11 Å². The second-order valence-electron chi connectivity index (χ2n) is 2.62. The molecule has 1 aromatic rings. The molecule has 0 aliphatic heterocycles. The number of hydrogen-bond acceptors (Lipinski definition) is 2. The van der Waals surface area contributed by atoms with Crippen LogP contribution < -0.4 is 0 Å². The molecule has 1 heterocycles. The summed E-state index contributed by atoms with van der Waals surface area (Å²) in [6.45, 7) is 0. The van der Waals surface area contributed by atoms with Gasteiger partial charge >= 0.3 is 0 Å². The lowest BCUT2D eigenvalue weighted by Crippen LogP contribution is -1.98. The van der Waals surface area contributed by atoms with Gasteiger partial charge in [-0.15, -0.1) is 12.3 Å². The van der Waals surface area contributed by atoms with Crippen LogP contribution in [0.1, 0.15) is 12.0 Å². The Kier molecular flexibility index (Phi) is 3.74. The van der Waals surface area contributed by atoms with E-state index in [1.807, 2.05) is 18.2 Å². The first-order chi connectivity index (χ1) is 6.33. The predicted molar refractivity (Wildman–Crippen MR) is 52.7 cm³/mol. The molecule has 2 heteroatoms. The molecule has 0 saturated heterocycles. The summed E-state index contributed by atoms with van der Waals surface area (Å²) in [7, 11) is 0. The van der Waals surface area contributed by atoms with E-state index in [1.54, 1.807) is 18.5 Å². The minimum atomic E-state index is -0.557. The zero-order chi connectivity index (χ0) is 9.52. The third-order valence-corrected chi connectivity index (χ3v) is 1.54. The van der Waals surface area contributed by atoms with Crippen LogP contribution in [0.2, 0.25) is 0 Å². The van der Waals surface area contributed by atoms with E-state index in [2.05, 4.69) is 10.9 Å². The summed E-state index contributed by atoms with van der Waals surface area (Å²) >= 11 is 0. The summed E-state index contributed by atoms with van der Waals surface area (Å²) in [5.41, 5.74) is 1.01. The molecule has 0 fully saturated rings. The maximum Gasteiger partial charge on any atom is 0.0833 e. The minimum Gasteiger partial charge on any atom is -0.388 e. The fourth-order valence-corrected chi connectivity index (χ4v) is 0.886. The Morgan fingerprint density at radius 1 is 1.54 bits per heavy atom. The van der Waals surface area contributed by atoms with E-state index in [9.17, 15) is 5.11 Å². The van der Waals surface area contributed by atoms with Gasteiger partial charge in [0.15, 0.2) is 0 Å². The summed E-state index contributed by atoms with van der Waals surface area (Å²) in [6, 6.07) is 3.72. The highest BCUT2D eigenvalue weighted by atomic mass is 16.3. The molecular weight excluding hydrogens is 162 g/mol. The highest BCUT2D eigenvalue weighted by Crippen LogP contribution is 2.01. The van der Waals surface area contributed by atoms with Crippen molar-refractivity contribution in [3.63, 3.8) is 0 Å². The molecule has 1 aromatic heterocycles. The van der Waals surface area contributed by atoms with E-state index < -0.39 is 6.10 Å². The van der Waals surface area contributed by atoms with Crippen LogP contribution in [-0.4, -0.2) is 16.2 Å². The van der Waals surface area contributed by atoms with Gasteiger partial charge in [-0.05, 0) is 17.7 Å². The van der Waals surface area contributed by atoms with Crippen molar-refractivity contribution in [2.75, 3.05) is 0 Å². The molecule has 1 unspecified atom stereocenters. The average molecular weight is 173 g/mol. The standard InChI is InChI=1S/C11H11NO/c1-2-3-11(13)5-4-10-6-8-12-9-7-10/h1,4-9,11,13H,3H2. The second kappa shape index (κ2) is 5.13. The van der Waals surface area contributed by atoms with Crippen LogP contribution in [0.3, 0.4) is 0 Å². The molecule has 0 aliphatic rings. The van der Waals surface area contributed by atoms with Gasteiger partial charge in [0.25, 0.3) is 0 Å². The lowest BCUT2D eigenvalue weighted by Gasteiger charge is -1.97. The van der Waals surface area contributed by atoms with E-state index in [0.717, 1.165) is 5.56 Å². The van der Waals surface area contributed by atoms with E-state index >= 15 is 0 Å². The van der Waals surface area contributed by atoms with Gasteiger partial charge in [-0.2, -0.15) is 0 Å². The molecule has 1 atom stereocenters. The highest BCUT2D eigenvalue weighted by molar-refractivity contribution is 5.48. The summed E-state index contributed by atoms with van der Waals surface area (Å²) in [5, 5.41) is 9.27. The Hall–Kier alpha value is -1.59. The Balaban J connectivity index is 2.55. The Morgan fingerprint density at radius 3 is 2.85 bits per heavy atom. The first-order valence-electron chi connectivity index (χ1n) is 4.02. The molecule has 0 amide bonds. The van der Waals surface area contributed by atoms with E-state index in [0.29, 0.717) is 6.42 Å². The Labute approximate surface area is 77.9 Å². The predicted octanol–water partition coefficient (Wildman–Crippen LogP) is 1.48. The van der Waals surface area contributed by atoms with Crippen molar-refractivity contribution in [3.8, 4) is 12.3 Å². The summed E-state index contributed by atoms with van der Waals surface area (Å²) in [5.74, 6) is 2.39. The summed E-state index contributed by atoms with van der Waals surface area (Å²) in [4.78, 5) is 3.88. The molecular formula is C11H11NO. The maximum absolute atomic E-state index is 9.27. The molecule has 0 spiro atoms. The molecule has 0 aromatic carbocycles. The van der Waals surface area contributed by atoms with Crippen molar-refractivity contribution in [2.24, 2.45) is 0 Å².